The molecular weight excluding hydrogens is 398 g/mol. The second kappa shape index (κ2) is 6.23. The lowest BCUT2D eigenvalue weighted by Gasteiger charge is -2.37. The maximum absolute atomic E-state index is 13.0. The zero-order valence-electron chi connectivity index (χ0n) is 16.7. The molecule has 156 valence electrons. The van der Waals surface area contributed by atoms with E-state index in [-0.39, 0.29) is 41.2 Å². The second-order valence-electron chi connectivity index (χ2n) is 8.85. The number of nitro groups is 1. The van der Waals surface area contributed by atoms with Crippen molar-refractivity contribution in [3.8, 4) is 11.3 Å². The van der Waals surface area contributed by atoms with Crippen molar-refractivity contribution in [3.05, 3.63) is 63.9 Å². The van der Waals surface area contributed by atoms with Gasteiger partial charge in [0.05, 0.1) is 23.0 Å². The van der Waals surface area contributed by atoms with Gasteiger partial charge in [0, 0.05) is 17.7 Å². The fourth-order valence-electron chi connectivity index (χ4n) is 5.73. The van der Waals surface area contributed by atoms with Gasteiger partial charge in [-0.05, 0) is 54.7 Å². The molecule has 4 aliphatic carbocycles. The van der Waals surface area contributed by atoms with Crippen LogP contribution in [0.15, 0.2) is 52.0 Å². The number of non-ortho nitro benzene ring substituents is 1. The van der Waals surface area contributed by atoms with E-state index in [9.17, 15) is 19.7 Å². The van der Waals surface area contributed by atoms with Crippen molar-refractivity contribution in [2.75, 3.05) is 0 Å². The summed E-state index contributed by atoms with van der Waals surface area (Å²) in [6, 6.07) is 7.93. The molecule has 0 unspecified atom stereocenters. The molecule has 1 aromatic heterocycles. The Hall–Kier alpha value is -3.55. The number of hydrogen-bond donors (Lipinski definition) is 0. The minimum absolute atomic E-state index is 0.0237. The summed E-state index contributed by atoms with van der Waals surface area (Å²) >= 11 is 0. The van der Waals surface area contributed by atoms with E-state index >= 15 is 0 Å². The number of hydrogen-bond acceptors (Lipinski definition) is 6. The third kappa shape index (κ3) is 2.57. The standard InChI is InChI=1S/C23H19N3O5/c1-11-2-3-12(26(29)30)8-16(11)19-7-4-13(31-19)10-24-25-22(27)20-14-5-6-15(18-9-17(14)18)21(20)23(25)28/h2-8,10,14-15,17-18,20-21H,9H2,1H3/b24-10-/t14-,15-,17-,18-,20+,21+/m0/s1. The number of aryl methyl sites for hydroxylation is 1. The van der Waals surface area contributed by atoms with Gasteiger partial charge >= 0.3 is 0 Å². The molecule has 1 aromatic carbocycles. The van der Waals surface area contributed by atoms with Crippen LogP contribution in [0.1, 0.15) is 17.7 Å². The zero-order valence-corrected chi connectivity index (χ0v) is 16.7. The van der Waals surface area contributed by atoms with Crippen molar-refractivity contribution >= 4 is 23.7 Å². The number of nitrogens with zero attached hydrogens (tertiary/aromatic N) is 3. The van der Waals surface area contributed by atoms with Crippen LogP contribution >= 0.6 is 0 Å². The molecule has 5 aliphatic rings. The average Bonchev–Trinajstić information content (AvgIpc) is 3.40. The van der Waals surface area contributed by atoms with Crippen molar-refractivity contribution in [2.24, 2.45) is 40.6 Å². The fourth-order valence-corrected chi connectivity index (χ4v) is 5.73. The maximum atomic E-state index is 13.0. The number of rotatable bonds is 4. The molecule has 0 spiro atoms. The summed E-state index contributed by atoms with van der Waals surface area (Å²) < 4.78 is 5.78. The van der Waals surface area contributed by atoms with E-state index in [1.54, 1.807) is 18.2 Å². The van der Waals surface area contributed by atoms with Crippen LogP contribution in [-0.4, -0.2) is 28.0 Å². The highest BCUT2D eigenvalue weighted by Gasteiger charge is 2.67. The average molecular weight is 417 g/mol. The van der Waals surface area contributed by atoms with Crippen LogP contribution in [0.5, 0.6) is 0 Å². The molecule has 2 heterocycles. The highest BCUT2D eigenvalue weighted by atomic mass is 16.6. The monoisotopic (exact) mass is 417 g/mol. The first-order valence-electron chi connectivity index (χ1n) is 10.4. The minimum atomic E-state index is -0.454. The quantitative estimate of drug-likeness (QED) is 0.249. The van der Waals surface area contributed by atoms with Gasteiger partial charge in [-0.15, -0.1) is 0 Å². The molecule has 2 bridgehead atoms. The number of carbonyl (C=O) groups is 2. The molecule has 1 aliphatic heterocycles. The van der Waals surface area contributed by atoms with E-state index in [4.69, 9.17) is 4.42 Å². The molecule has 2 saturated carbocycles. The minimum Gasteiger partial charge on any atom is -0.455 e. The molecule has 3 fully saturated rings. The third-order valence-electron chi connectivity index (χ3n) is 7.26. The Labute approximate surface area is 177 Å². The summed E-state index contributed by atoms with van der Waals surface area (Å²) in [5.74, 6) is 1.19. The molecule has 0 radical (unpaired) electrons. The summed E-state index contributed by atoms with van der Waals surface area (Å²) in [7, 11) is 0. The SMILES string of the molecule is Cc1ccc([N+](=O)[O-])cc1-c1ccc(/C=N\N2C(=O)[C@@H]3[C@H]4C=C[C@@H]([C@@H]5C[C@@H]45)[C@H]3C2=O)o1. The predicted octanol–water partition coefficient (Wildman–Crippen LogP) is 3.55. The van der Waals surface area contributed by atoms with Gasteiger partial charge in [0.1, 0.15) is 11.5 Å². The van der Waals surface area contributed by atoms with Crippen LogP contribution in [-0.2, 0) is 9.59 Å². The molecule has 7 rings (SSSR count). The molecule has 2 aromatic rings. The van der Waals surface area contributed by atoms with Crippen LogP contribution in [0.3, 0.4) is 0 Å². The van der Waals surface area contributed by atoms with Gasteiger partial charge in [0.25, 0.3) is 17.5 Å². The van der Waals surface area contributed by atoms with Crippen LogP contribution in [0.4, 0.5) is 5.69 Å². The first-order chi connectivity index (χ1) is 14.9. The Morgan fingerprint density at radius 1 is 1.10 bits per heavy atom. The van der Waals surface area contributed by atoms with Gasteiger partial charge in [-0.3, -0.25) is 19.7 Å². The Bertz CT molecular complexity index is 1180. The molecule has 2 amide bonds. The van der Waals surface area contributed by atoms with E-state index in [1.165, 1.54) is 18.3 Å². The van der Waals surface area contributed by atoms with E-state index in [1.807, 2.05) is 6.92 Å². The predicted molar refractivity (Wildman–Crippen MR) is 110 cm³/mol. The smallest absolute Gasteiger partial charge is 0.270 e. The number of allylic oxidation sites excluding steroid dienone is 2. The van der Waals surface area contributed by atoms with E-state index in [0.717, 1.165) is 17.0 Å². The molecule has 6 atom stereocenters. The number of carbonyl (C=O) groups excluding carboxylic acids is 2. The highest BCUT2D eigenvalue weighted by Crippen LogP contribution is 2.65. The number of nitro benzene ring substituents is 1. The van der Waals surface area contributed by atoms with E-state index in [2.05, 4.69) is 17.3 Å². The van der Waals surface area contributed by atoms with Gasteiger partial charge in [-0.1, -0.05) is 18.2 Å². The molecule has 0 N–H and O–H groups in total. The molecule has 8 nitrogen and oxygen atoms in total. The first-order valence-corrected chi connectivity index (χ1v) is 10.4. The first kappa shape index (κ1) is 18.2. The number of furan rings is 1. The zero-order chi connectivity index (χ0) is 21.4. The van der Waals surface area contributed by atoms with Crippen molar-refractivity contribution < 1.29 is 18.9 Å². The van der Waals surface area contributed by atoms with Gasteiger partial charge in [-0.25, -0.2) is 0 Å². The van der Waals surface area contributed by atoms with Crippen molar-refractivity contribution in [3.63, 3.8) is 0 Å². The summed E-state index contributed by atoms with van der Waals surface area (Å²) in [4.78, 5) is 36.5. The largest absolute Gasteiger partial charge is 0.455 e. The van der Waals surface area contributed by atoms with Crippen LogP contribution in [0.25, 0.3) is 11.3 Å². The molecule has 1 saturated heterocycles. The van der Waals surface area contributed by atoms with Gasteiger partial charge in [0.15, 0.2) is 0 Å². The Morgan fingerprint density at radius 3 is 2.42 bits per heavy atom. The highest BCUT2D eigenvalue weighted by molar-refractivity contribution is 6.06. The van der Waals surface area contributed by atoms with Crippen molar-refractivity contribution in [1.82, 2.24) is 5.01 Å². The van der Waals surface area contributed by atoms with Gasteiger partial charge < -0.3 is 4.42 Å². The molecular formula is C23H19N3O5. The van der Waals surface area contributed by atoms with Crippen molar-refractivity contribution in [2.45, 2.75) is 13.3 Å². The van der Waals surface area contributed by atoms with Crippen LogP contribution in [0.2, 0.25) is 0 Å². The summed E-state index contributed by atoms with van der Waals surface area (Å²) in [5, 5.41) is 16.3. The number of imide groups is 1. The van der Waals surface area contributed by atoms with Crippen LogP contribution < -0.4 is 0 Å². The number of benzene rings is 1. The Kier molecular flexibility index (Phi) is 3.66. The molecule has 31 heavy (non-hydrogen) atoms. The van der Waals surface area contributed by atoms with Gasteiger partial charge in [-0.2, -0.15) is 10.1 Å². The number of amides is 2. The van der Waals surface area contributed by atoms with Gasteiger partial charge in [0.2, 0.25) is 0 Å². The second-order valence-corrected chi connectivity index (χ2v) is 8.85. The topological polar surface area (TPSA) is 106 Å². The maximum Gasteiger partial charge on any atom is 0.270 e. The lowest BCUT2D eigenvalue weighted by atomic mass is 9.63. The summed E-state index contributed by atoms with van der Waals surface area (Å²) in [6.07, 6.45) is 6.72. The van der Waals surface area contributed by atoms with E-state index in [0.29, 0.717) is 28.9 Å². The lowest BCUT2D eigenvalue weighted by molar-refractivity contribution is -0.384. The third-order valence-corrected chi connectivity index (χ3v) is 7.26. The number of hydrazone groups is 1. The molecule has 8 heteroatoms. The summed E-state index contributed by atoms with van der Waals surface area (Å²) in [5.41, 5.74) is 1.42. The Balaban J connectivity index is 1.25. The van der Waals surface area contributed by atoms with E-state index < -0.39 is 4.92 Å². The lowest BCUT2D eigenvalue weighted by Crippen LogP contribution is -2.40. The fraction of sp³-hybridized carbons (Fsp3) is 0.348. The van der Waals surface area contributed by atoms with Crippen molar-refractivity contribution in [1.29, 1.82) is 0 Å². The Morgan fingerprint density at radius 2 is 1.77 bits per heavy atom. The van der Waals surface area contributed by atoms with Crippen LogP contribution in [0, 0.1) is 52.5 Å². The normalized spacial score (nSPS) is 32.6. The summed E-state index contributed by atoms with van der Waals surface area (Å²) in [6.45, 7) is 1.84.